The van der Waals surface area contributed by atoms with E-state index in [0.29, 0.717) is 11.5 Å². The van der Waals surface area contributed by atoms with E-state index in [-0.39, 0.29) is 6.16 Å². The van der Waals surface area contributed by atoms with Gasteiger partial charge in [-0.05, 0) is 36.1 Å². The van der Waals surface area contributed by atoms with Crippen LogP contribution in [-0.2, 0) is 11.1 Å². The van der Waals surface area contributed by atoms with E-state index in [1.54, 1.807) is 12.1 Å². The van der Waals surface area contributed by atoms with Gasteiger partial charge in [0.25, 0.3) is 0 Å². The lowest BCUT2D eigenvalue weighted by Gasteiger charge is -2.11. The number of nitrogens with zero attached hydrogens (tertiary/aromatic N) is 1. The second-order valence-electron chi connectivity index (χ2n) is 3.66. The molecule has 2 rings (SSSR count). The maximum atomic E-state index is 11.7. The summed E-state index contributed by atoms with van der Waals surface area (Å²) in [6.45, 7) is 0.728. The summed E-state index contributed by atoms with van der Waals surface area (Å²) in [5.74, 6) is 0. The van der Waals surface area contributed by atoms with Crippen LogP contribution >= 0.6 is 18.9 Å². The molecule has 0 saturated carbocycles. The Labute approximate surface area is 104 Å². The van der Waals surface area contributed by atoms with Gasteiger partial charge in [0.1, 0.15) is 0 Å². The zero-order valence-electron chi connectivity index (χ0n) is 9.23. The van der Waals surface area contributed by atoms with E-state index in [1.165, 1.54) is 11.3 Å². The molecule has 0 saturated heterocycles. The van der Waals surface area contributed by atoms with Crippen molar-refractivity contribution in [3.05, 3.63) is 42.0 Å². The predicted molar refractivity (Wildman–Crippen MR) is 68.7 cm³/mol. The minimum Gasteiger partial charge on any atom is -0.414 e. The maximum absolute atomic E-state index is 11.7. The van der Waals surface area contributed by atoms with E-state index in [0.717, 1.165) is 6.54 Å². The lowest BCUT2D eigenvalue weighted by molar-refractivity contribution is 0.380. The number of rotatable bonds is 6. The molecule has 0 aliphatic rings. The fraction of sp³-hybridized carbons (Fsp3) is 0.273. The molecule has 92 valence electrons. The fourth-order valence-corrected chi connectivity index (χ4v) is 3.42. The van der Waals surface area contributed by atoms with E-state index >= 15 is 0 Å². The van der Waals surface area contributed by atoms with Crippen molar-refractivity contribution in [2.75, 3.05) is 6.16 Å². The van der Waals surface area contributed by atoms with E-state index < -0.39 is 7.60 Å². The molecule has 0 radical (unpaired) electrons. The van der Waals surface area contributed by atoms with Crippen molar-refractivity contribution < 1.29 is 14.0 Å². The maximum Gasteiger partial charge on any atom is 0.377 e. The van der Waals surface area contributed by atoms with Gasteiger partial charge in [-0.1, -0.05) is 0 Å². The highest BCUT2D eigenvalue weighted by Crippen LogP contribution is 2.44. The van der Waals surface area contributed by atoms with E-state index in [2.05, 4.69) is 0 Å². The number of aromatic nitrogens is 1. The first kappa shape index (κ1) is 12.4. The summed E-state index contributed by atoms with van der Waals surface area (Å²) in [4.78, 5) is 9.65. The van der Waals surface area contributed by atoms with Crippen LogP contribution in [0.2, 0.25) is 0 Å². The second-order valence-corrected chi connectivity index (χ2v) is 6.47. The smallest absolute Gasteiger partial charge is 0.377 e. The highest BCUT2D eigenvalue weighted by atomic mass is 32.1. The molecule has 1 N–H and O–H groups in total. The third-order valence-corrected chi connectivity index (χ3v) is 4.48. The minimum absolute atomic E-state index is 0.170. The van der Waals surface area contributed by atoms with E-state index in [9.17, 15) is 9.46 Å². The number of aryl methyl sites for hydroxylation is 1. The topological polar surface area (TPSA) is 51.5 Å². The minimum atomic E-state index is -3.50. The lowest BCUT2D eigenvalue weighted by Crippen LogP contribution is -2.01. The highest BCUT2D eigenvalue weighted by molar-refractivity contribution is 7.53. The summed E-state index contributed by atoms with van der Waals surface area (Å²) >= 11 is 1.32. The first-order valence-electron chi connectivity index (χ1n) is 5.31. The molecule has 0 fully saturated rings. The van der Waals surface area contributed by atoms with Crippen LogP contribution in [0.15, 0.2) is 42.0 Å². The SMILES string of the molecule is O=P(O)(CCCn1cccc1)Oc1cccs1. The van der Waals surface area contributed by atoms with Crippen molar-refractivity contribution in [3.63, 3.8) is 0 Å². The van der Waals surface area contributed by atoms with Crippen molar-refractivity contribution in [3.8, 4) is 5.06 Å². The summed E-state index contributed by atoms with van der Waals surface area (Å²) < 4.78 is 18.8. The van der Waals surface area contributed by atoms with Crippen molar-refractivity contribution >= 4 is 18.9 Å². The Bertz CT molecular complexity index is 481. The van der Waals surface area contributed by atoms with Crippen LogP contribution in [0.3, 0.4) is 0 Å². The fourth-order valence-electron chi connectivity index (χ4n) is 1.47. The van der Waals surface area contributed by atoms with Crippen molar-refractivity contribution in [1.82, 2.24) is 4.57 Å². The average molecular weight is 271 g/mol. The first-order valence-corrected chi connectivity index (χ1v) is 7.96. The molecule has 17 heavy (non-hydrogen) atoms. The highest BCUT2D eigenvalue weighted by Gasteiger charge is 2.20. The predicted octanol–water partition coefficient (Wildman–Crippen LogP) is 3.20. The summed E-state index contributed by atoms with van der Waals surface area (Å²) in [7, 11) is -3.50. The summed E-state index contributed by atoms with van der Waals surface area (Å²) in [5.41, 5.74) is 0. The van der Waals surface area contributed by atoms with Crippen LogP contribution in [0.4, 0.5) is 0 Å². The summed E-state index contributed by atoms with van der Waals surface area (Å²) in [5, 5.41) is 2.31. The quantitative estimate of drug-likeness (QED) is 0.821. The van der Waals surface area contributed by atoms with Gasteiger partial charge in [-0.15, -0.1) is 11.3 Å². The molecular weight excluding hydrogens is 257 g/mol. The number of hydrogen-bond donors (Lipinski definition) is 1. The largest absolute Gasteiger partial charge is 0.414 e. The molecule has 1 unspecified atom stereocenters. The Hall–Kier alpha value is -1.03. The Kier molecular flexibility index (Phi) is 4.05. The Morgan fingerprint density at radius 3 is 2.76 bits per heavy atom. The van der Waals surface area contributed by atoms with Crippen LogP contribution < -0.4 is 4.52 Å². The molecule has 0 bridgehead atoms. The third-order valence-electron chi connectivity index (χ3n) is 2.25. The molecule has 2 aromatic heterocycles. The molecule has 1 atom stereocenters. The number of hydrogen-bond acceptors (Lipinski definition) is 3. The third kappa shape index (κ3) is 4.04. The Morgan fingerprint density at radius 2 is 2.12 bits per heavy atom. The second kappa shape index (κ2) is 5.54. The van der Waals surface area contributed by atoms with Crippen molar-refractivity contribution in [2.24, 2.45) is 0 Å². The monoisotopic (exact) mass is 271 g/mol. The molecule has 2 aromatic rings. The normalized spacial score (nSPS) is 14.4. The van der Waals surface area contributed by atoms with Crippen LogP contribution in [0.25, 0.3) is 0 Å². The van der Waals surface area contributed by atoms with Gasteiger partial charge in [-0.25, -0.2) is 4.57 Å². The molecule has 0 spiro atoms. The van der Waals surface area contributed by atoms with Gasteiger partial charge in [0.2, 0.25) is 0 Å². The van der Waals surface area contributed by atoms with Crippen LogP contribution in [0.5, 0.6) is 5.06 Å². The molecule has 4 nitrogen and oxygen atoms in total. The molecule has 0 amide bonds. The zero-order chi connectivity index (χ0) is 12.1. The van der Waals surface area contributed by atoms with Gasteiger partial charge in [0.15, 0.2) is 5.06 Å². The molecule has 0 aliphatic carbocycles. The van der Waals surface area contributed by atoms with Gasteiger partial charge in [-0.2, -0.15) is 0 Å². The summed E-state index contributed by atoms with van der Waals surface area (Å²) in [6.07, 6.45) is 4.65. The molecule has 0 aromatic carbocycles. The van der Waals surface area contributed by atoms with Crippen LogP contribution in [0, 0.1) is 0 Å². The lowest BCUT2D eigenvalue weighted by atomic mass is 10.5. The number of thiophene rings is 1. The van der Waals surface area contributed by atoms with E-state index in [1.807, 2.05) is 34.5 Å². The standard InChI is InChI=1S/C11H14NO3PS/c13-16(14,15-11-5-3-10-17-11)9-4-8-12-6-1-2-7-12/h1-3,5-7,10H,4,8-9H2,(H,13,14). The van der Waals surface area contributed by atoms with Gasteiger partial charge in [0.05, 0.1) is 6.16 Å². The zero-order valence-corrected chi connectivity index (χ0v) is 10.9. The molecular formula is C11H14NO3PS. The van der Waals surface area contributed by atoms with Crippen LogP contribution in [0.1, 0.15) is 6.42 Å². The van der Waals surface area contributed by atoms with Gasteiger partial charge in [0, 0.05) is 18.9 Å². The Balaban J connectivity index is 1.79. The van der Waals surface area contributed by atoms with Crippen LogP contribution in [-0.4, -0.2) is 15.6 Å². The van der Waals surface area contributed by atoms with Crippen molar-refractivity contribution in [1.29, 1.82) is 0 Å². The Morgan fingerprint density at radius 1 is 1.35 bits per heavy atom. The average Bonchev–Trinajstić information content (AvgIpc) is 2.89. The molecule has 6 heteroatoms. The summed E-state index contributed by atoms with van der Waals surface area (Å²) in [6, 6.07) is 7.35. The van der Waals surface area contributed by atoms with Gasteiger partial charge >= 0.3 is 7.60 Å². The van der Waals surface area contributed by atoms with Gasteiger partial charge in [-0.3, -0.25) is 0 Å². The van der Waals surface area contributed by atoms with E-state index in [4.69, 9.17) is 4.52 Å². The molecule has 2 heterocycles. The first-order chi connectivity index (χ1) is 8.16. The van der Waals surface area contributed by atoms with Crippen molar-refractivity contribution in [2.45, 2.75) is 13.0 Å². The van der Waals surface area contributed by atoms with Gasteiger partial charge < -0.3 is 14.0 Å². The molecule has 0 aliphatic heterocycles.